The average molecular weight is 877 g/mol. The van der Waals surface area contributed by atoms with Gasteiger partial charge in [-0.15, -0.1) is 0 Å². The van der Waals surface area contributed by atoms with Crippen molar-refractivity contribution in [3.05, 3.63) is 190 Å². The maximum atomic E-state index is 13.5. The van der Waals surface area contributed by atoms with Crippen LogP contribution >= 0.6 is 0 Å². The van der Waals surface area contributed by atoms with Gasteiger partial charge in [0.05, 0.1) is 36.2 Å². The highest BCUT2D eigenvalue weighted by molar-refractivity contribution is 5.69. The van der Waals surface area contributed by atoms with E-state index in [2.05, 4.69) is 70.4 Å². The van der Waals surface area contributed by atoms with Crippen LogP contribution in [0.2, 0.25) is 0 Å². The molecule has 0 bridgehead atoms. The van der Waals surface area contributed by atoms with Crippen LogP contribution in [0.3, 0.4) is 0 Å². The number of aryl methyl sites for hydroxylation is 6. The van der Waals surface area contributed by atoms with Crippen LogP contribution in [0.4, 0.5) is 8.78 Å². The first-order valence-corrected chi connectivity index (χ1v) is 21.8. The number of aromatic nitrogens is 10. The van der Waals surface area contributed by atoms with Crippen LogP contribution < -0.4 is 0 Å². The summed E-state index contributed by atoms with van der Waals surface area (Å²) in [5.74, 6) is 1.70. The Morgan fingerprint density at radius 2 is 0.970 bits per heavy atom. The summed E-state index contributed by atoms with van der Waals surface area (Å²) in [6, 6.07) is 29.6. The van der Waals surface area contributed by atoms with Gasteiger partial charge in [0.25, 0.3) is 0 Å². The van der Waals surface area contributed by atoms with Crippen LogP contribution in [0.15, 0.2) is 110 Å². The smallest absolute Gasteiger partial charge is 0.174 e. The van der Waals surface area contributed by atoms with Crippen molar-refractivity contribution in [2.45, 2.75) is 77.3 Å². The van der Waals surface area contributed by atoms with Crippen molar-refractivity contribution in [2.24, 2.45) is 0 Å². The first kappa shape index (κ1) is 43.2. The molecule has 66 heavy (non-hydrogen) atoms. The molecule has 2 aliphatic heterocycles. The Balaban J connectivity index is 0.000000166. The second-order valence-corrected chi connectivity index (χ2v) is 16.9. The zero-order chi connectivity index (χ0) is 46.0. The van der Waals surface area contributed by atoms with Crippen molar-refractivity contribution < 1.29 is 8.78 Å². The second kappa shape index (κ2) is 17.8. The summed E-state index contributed by atoms with van der Waals surface area (Å²) in [4.78, 5) is 18.0. The predicted octanol–water partition coefficient (Wildman–Crippen LogP) is 9.99. The first-order valence-electron chi connectivity index (χ1n) is 21.8. The third kappa shape index (κ3) is 8.37. The van der Waals surface area contributed by atoms with Gasteiger partial charge in [-0.25, -0.2) is 38.1 Å². The second-order valence-electron chi connectivity index (χ2n) is 16.9. The van der Waals surface area contributed by atoms with E-state index >= 15 is 0 Å². The molecule has 0 unspecified atom stereocenters. The van der Waals surface area contributed by atoms with E-state index in [0.717, 1.165) is 69.0 Å². The molecule has 0 spiro atoms. The lowest BCUT2D eigenvalue weighted by Gasteiger charge is -2.30. The number of halogens is 2. The number of benzene rings is 4. The molecule has 4 aromatic heterocycles. The van der Waals surface area contributed by atoms with E-state index in [4.69, 9.17) is 9.97 Å². The van der Waals surface area contributed by atoms with E-state index in [1.54, 1.807) is 24.3 Å². The molecule has 10 rings (SSSR count). The van der Waals surface area contributed by atoms with Crippen LogP contribution in [-0.4, -0.2) is 48.6 Å². The lowest BCUT2D eigenvalue weighted by atomic mass is 9.75. The zero-order valence-corrected chi connectivity index (χ0v) is 37.1. The van der Waals surface area contributed by atoms with Crippen molar-refractivity contribution in [1.29, 1.82) is 10.5 Å². The quantitative estimate of drug-likeness (QED) is 0.147. The van der Waals surface area contributed by atoms with Gasteiger partial charge in [-0.1, -0.05) is 48.6 Å². The fourth-order valence-electron chi connectivity index (χ4n) is 8.96. The molecule has 12 nitrogen and oxygen atoms in total. The van der Waals surface area contributed by atoms with E-state index in [1.807, 2.05) is 93.8 Å². The Bertz CT molecular complexity index is 2990. The third-order valence-corrected chi connectivity index (χ3v) is 12.3. The zero-order valence-electron chi connectivity index (χ0n) is 37.1. The normalized spacial score (nSPS) is 17.8. The molecule has 2 aliphatic rings. The molecule has 4 aromatic carbocycles. The fourth-order valence-corrected chi connectivity index (χ4v) is 8.96. The van der Waals surface area contributed by atoms with E-state index < -0.39 is 10.8 Å². The number of hydrogen-bond donors (Lipinski definition) is 0. The number of nitrogens with zero attached hydrogens (tertiary/aromatic N) is 12. The molecule has 0 radical (unpaired) electrons. The predicted molar refractivity (Wildman–Crippen MR) is 248 cm³/mol. The van der Waals surface area contributed by atoms with E-state index in [0.29, 0.717) is 49.2 Å². The third-order valence-electron chi connectivity index (χ3n) is 12.3. The summed E-state index contributed by atoms with van der Waals surface area (Å²) in [6.07, 6.45) is 18.2. The number of hydrogen-bond acceptors (Lipinski definition) is 8. The summed E-state index contributed by atoms with van der Waals surface area (Å²) < 4.78 is 34.6. The summed E-state index contributed by atoms with van der Waals surface area (Å²) in [5, 5.41) is 29.5. The monoisotopic (exact) mass is 876 g/mol. The van der Waals surface area contributed by atoms with Gasteiger partial charge < -0.3 is 9.13 Å². The minimum atomic E-state index is -0.924. The Morgan fingerprint density at radius 3 is 1.32 bits per heavy atom. The number of nitriles is 2. The topological polar surface area (TPSA) is 145 Å². The Hall–Kier alpha value is -8.10. The van der Waals surface area contributed by atoms with Gasteiger partial charge >= 0.3 is 0 Å². The molecule has 6 heterocycles. The van der Waals surface area contributed by atoms with E-state index in [1.165, 1.54) is 24.3 Å². The van der Waals surface area contributed by atoms with Gasteiger partial charge in [0.1, 0.15) is 22.5 Å². The summed E-state index contributed by atoms with van der Waals surface area (Å²) in [7, 11) is 0. The molecular weight excluding hydrogens is 831 g/mol. The van der Waals surface area contributed by atoms with Gasteiger partial charge in [-0.2, -0.15) is 20.7 Å². The van der Waals surface area contributed by atoms with E-state index in [-0.39, 0.29) is 11.6 Å². The van der Waals surface area contributed by atoms with Gasteiger partial charge in [0.15, 0.2) is 23.3 Å². The molecule has 328 valence electrons. The highest BCUT2D eigenvalue weighted by Gasteiger charge is 2.43. The van der Waals surface area contributed by atoms with Gasteiger partial charge in [-0.05, 0) is 147 Å². The highest BCUT2D eigenvalue weighted by atomic mass is 19.1. The lowest BCUT2D eigenvalue weighted by Crippen LogP contribution is -2.34. The largest absolute Gasteiger partial charge is 0.306 e. The molecule has 0 saturated heterocycles. The average Bonchev–Trinajstić information content (AvgIpc) is 4.15. The number of fused-ring (bicyclic) bond motifs is 2. The van der Waals surface area contributed by atoms with Crippen LogP contribution in [0.5, 0.6) is 0 Å². The van der Waals surface area contributed by atoms with Crippen molar-refractivity contribution in [3.63, 3.8) is 0 Å². The standard InChI is InChI=1S/2C26H23FN6/c2*1-18-14-20(4-10-23(18)32-15-19(2)29-17-32)5-11-24-30-25-26(16-28,12-3-13-33(25)31-24)21-6-8-22(27)9-7-21/h2*4-11,14-15,17H,3,12-13H2,1-2H3/b2*11-5+/t2*26-/m10/s1. The Morgan fingerprint density at radius 1 is 0.561 bits per heavy atom. The lowest BCUT2D eigenvalue weighted by molar-refractivity contribution is 0.392. The maximum absolute atomic E-state index is 13.5. The fraction of sp³-hybridized carbons (Fsp3) is 0.231. The molecule has 0 fully saturated rings. The van der Waals surface area contributed by atoms with Gasteiger partial charge in [-0.3, -0.25) is 0 Å². The molecule has 14 heteroatoms. The SMILES string of the molecule is Cc1cn(-c2ccc(/C=C/c3nc4n(n3)CCC[C@@]4(C#N)c3ccc(F)cc3)cc2C)cn1.Cc1cn(-c2ccc(/C=C/c3nc4n(n3)CCC[C@]4(C#N)c3ccc(F)cc3)cc2C)cn1. The van der Waals surface area contributed by atoms with Crippen LogP contribution in [0.25, 0.3) is 35.7 Å². The van der Waals surface area contributed by atoms with Crippen LogP contribution in [0.1, 0.15) is 93.7 Å². The molecule has 2 atom stereocenters. The Kier molecular flexibility index (Phi) is 11.7. The molecule has 0 amide bonds. The van der Waals surface area contributed by atoms with Crippen molar-refractivity contribution in [2.75, 3.05) is 0 Å². The van der Waals surface area contributed by atoms with Crippen LogP contribution in [0, 0.1) is 62.0 Å². The minimum absolute atomic E-state index is 0.322. The highest BCUT2D eigenvalue weighted by Crippen LogP contribution is 2.40. The van der Waals surface area contributed by atoms with Gasteiger partial charge in [0.2, 0.25) is 0 Å². The molecular formula is C52H46F2N12. The molecule has 0 aliphatic carbocycles. The minimum Gasteiger partial charge on any atom is -0.306 e. The summed E-state index contributed by atoms with van der Waals surface area (Å²) in [6.45, 7) is 9.49. The van der Waals surface area contributed by atoms with Crippen molar-refractivity contribution in [3.8, 4) is 23.5 Å². The first-order chi connectivity index (χ1) is 32.0. The number of imidazole rings is 2. The molecule has 0 saturated carbocycles. The van der Waals surface area contributed by atoms with Crippen LogP contribution in [-0.2, 0) is 23.9 Å². The van der Waals surface area contributed by atoms with Crippen molar-refractivity contribution in [1.82, 2.24) is 48.6 Å². The molecule has 0 N–H and O–H groups in total. The van der Waals surface area contributed by atoms with Crippen molar-refractivity contribution >= 4 is 24.3 Å². The Labute approximate surface area is 381 Å². The van der Waals surface area contributed by atoms with E-state index in [9.17, 15) is 19.3 Å². The van der Waals surface area contributed by atoms with Gasteiger partial charge in [0, 0.05) is 36.9 Å². The summed E-state index contributed by atoms with van der Waals surface area (Å²) in [5.41, 5.74) is 8.09. The summed E-state index contributed by atoms with van der Waals surface area (Å²) >= 11 is 0. The molecule has 8 aromatic rings. The maximum Gasteiger partial charge on any atom is 0.174 e. The number of rotatable bonds is 8.